The van der Waals surface area contributed by atoms with Crippen molar-refractivity contribution in [2.75, 3.05) is 19.7 Å². The predicted molar refractivity (Wildman–Crippen MR) is 112 cm³/mol. The van der Waals surface area contributed by atoms with Gasteiger partial charge in [-0.25, -0.2) is 17.8 Å². The van der Waals surface area contributed by atoms with Crippen LogP contribution in [0.3, 0.4) is 0 Å². The molecule has 1 aromatic carbocycles. The Morgan fingerprint density at radius 3 is 2.45 bits per heavy atom. The highest BCUT2D eigenvalue weighted by Crippen LogP contribution is 2.24. The summed E-state index contributed by atoms with van der Waals surface area (Å²) in [5.74, 6) is -0.262. The van der Waals surface area contributed by atoms with Crippen molar-refractivity contribution in [2.45, 2.75) is 45.2 Å². The fourth-order valence-electron chi connectivity index (χ4n) is 3.04. The van der Waals surface area contributed by atoms with E-state index in [1.165, 1.54) is 16.4 Å². The van der Waals surface area contributed by atoms with Crippen LogP contribution < -0.4 is 5.32 Å². The van der Waals surface area contributed by atoms with Gasteiger partial charge < -0.3 is 10.4 Å². The second-order valence-electron chi connectivity index (χ2n) is 7.16. The van der Waals surface area contributed by atoms with Crippen LogP contribution in [-0.4, -0.2) is 48.6 Å². The summed E-state index contributed by atoms with van der Waals surface area (Å²) >= 11 is 0. The van der Waals surface area contributed by atoms with Gasteiger partial charge in [-0.05, 0) is 30.2 Å². The van der Waals surface area contributed by atoms with E-state index in [0.717, 1.165) is 0 Å². The van der Waals surface area contributed by atoms with Gasteiger partial charge in [-0.3, -0.25) is 0 Å². The van der Waals surface area contributed by atoms with E-state index in [0.29, 0.717) is 24.3 Å². The van der Waals surface area contributed by atoms with E-state index in [2.05, 4.69) is 10.3 Å². The molecular formula is C21H30FN3O3S. The molecule has 1 heterocycles. The van der Waals surface area contributed by atoms with E-state index < -0.39 is 15.8 Å². The van der Waals surface area contributed by atoms with Gasteiger partial charge in [-0.15, -0.1) is 0 Å². The zero-order valence-electron chi connectivity index (χ0n) is 17.4. The molecule has 0 amide bonds. The zero-order valence-corrected chi connectivity index (χ0v) is 18.2. The summed E-state index contributed by atoms with van der Waals surface area (Å²) in [6.45, 7) is 8.41. The third-order valence-corrected chi connectivity index (χ3v) is 6.97. The second kappa shape index (κ2) is 10.2. The van der Waals surface area contributed by atoms with Crippen molar-refractivity contribution in [1.29, 1.82) is 0 Å². The highest BCUT2D eigenvalue weighted by molar-refractivity contribution is 7.89. The number of rotatable bonds is 10. The molecule has 0 unspecified atom stereocenters. The van der Waals surface area contributed by atoms with Gasteiger partial charge in [0.15, 0.2) is 0 Å². The number of aromatic nitrogens is 1. The molecule has 1 atom stereocenters. The summed E-state index contributed by atoms with van der Waals surface area (Å²) in [5, 5.41) is 12.5. The Morgan fingerprint density at radius 1 is 1.17 bits per heavy atom. The van der Waals surface area contributed by atoms with Crippen molar-refractivity contribution in [3.8, 4) is 11.3 Å². The number of benzene rings is 1. The lowest BCUT2D eigenvalue weighted by Gasteiger charge is -2.20. The summed E-state index contributed by atoms with van der Waals surface area (Å²) < 4.78 is 41.2. The molecule has 0 aliphatic carbocycles. The van der Waals surface area contributed by atoms with E-state index >= 15 is 0 Å². The number of sulfonamides is 1. The van der Waals surface area contributed by atoms with Gasteiger partial charge in [0.2, 0.25) is 10.0 Å². The molecular weight excluding hydrogens is 393 g/mol. The van der Waals surface area contributed by atoms with E-state index in [-0.39, 0.29) is 35.7 Å². The van der Waals surface area contributed by atoms with Crippen molar-refractivity contribution < 1.29 is 17.9 Å². The first kappa shape index (κ1) is 23.4. The summed E-state index contributed by atoms with van der Waals surface area (Å²) in [6, 6.07) is 9.23. The average Bonchev–Trinajstić information content (AvgIpc) is 2.70. The molecule has 0 saturated carbocycles. The van der Waals surface area contributed by atoms with Gasteiger partial charge in [-0.2, -0.15) is 4.31 Å². The normalized spacial score (nSPS) is 13.2. The monoisotopic (exact) mass is 423 g/mol. The average molecular weight is 424 g/mol. The number of hydrogen-bond donors (Lipinski definition) is 2. The second-order valence-corrected chi connectivity index (χ2v) is 9.09. The Bertz CT molecular complexity index is 915. The van der Waals surface area contributed by atoms with Crippen LogP contribution in [0.15, 0.2) is 41.3 Å². The van der Waals surface area contributed by atoms with Crippen molar-refractivity contribution in [3.63, 3.8) is 0 Å². The molecule has 0 fully saturated rings. The number of nitrogens with zero attached hydrogens (tertiary/aromatic N) is 2. The lowest BCUT2D eigenvalue weighted by Crippen LogP contribution is -2.36. The molecule has 0 radical (unpaired) electrons. The maximum atomic E-state index is 14.2. The van der Waals surface area contributed by atoms with E-state index in [1.807, 2.05) is 13.8 Å². The summed E-state index contributed by atoms with van der Waals surface area (Å²) in [6.07, 6.45) is 0. The van der Waals surface area contributed by atoms with Crippen molar-refractivity contribution >= 4 is 10.0 Å². The van der Waals surface area contributed by atoms with Crippen LogP contribution >= 0.6 is 0 Å². The van der Waals surface area contributed by atoms with Crippen LogP contribution in [0.5, 0.6) is 0 Å². The molecule has 0 saturated heterocycles. The maximum absolute atomic E-state index is 14.2. The number of pyridine rings is 1. The molecule has 160 valence electrons. The van der Waals surface area contributed by atoms with Gasteiger partial charge in [0.25, 0.3) is 0 Å². The van der Waals surface area contributed by atoms with Crippen LogP contribution in [0.25, 0.3) is 11.3 Å². The van der Waals surface area contributed by atoms with Crippen LogP contribution in [0, 0.1) is 11.7 Å². The summed E-state index contributed by atoms with van der Waals surface area (Å²) in [4.78, 5) is 4.57. The number of aliphatic hydroxyl groups excluding tert-OH is 1. The Balaban J connectivity index is 2.34. The number of nitrogens with one attached hydrogen (secondary N) is 1. The van der Waals surface area contributed by atoms with E-state index in [4.69, 9.17) is 0 Å². The first-order chi connectivity index (χ1) is 13.7. The van der Waals surface area contributed by atoms with Gasteiger partial charge in [0.1, 0.15) is 5.82 Å². The van der Waals surface area contributed by atoms with Crippen molar-refractivity contribution in [2.24, 2.45) is 5.92 Å². The minimum atomic E-state index is -3.59. The maximum Gasteiger partial charge on any atom is 0.243 e. The third-order valence-electron chi connectivity index (χ3n) is 4.92. The van der Waals surface area contributed by atoms with Crippen molar-refractivity contribution in [1.82, 2.24) is 14.6 Å². The number of hydrogen-bond acceptors (Lipinski definition) is 5. The van der Waals surface area contributed by atoms with E-state index in [1.54, 1.807) is 38.1 Å². The first-order valence-electron chi connectivity index (χ1n) is 9.84. The molecule has 0 aliphatic heterocycles. The predicted octanol–water partition coefficient (Wildman–Crippen LogP) is 3.02. The molecule has 0 spiro atoms. The van der Waals surface area contributed by atoms with Crippen LogP contribution in [0.4, 0.5) is 4.39 Å². The molecule has 6 nitrogen and oxygen atoms in total. The highest BCUT2D eigenvalue weighted by Gasteiger charge is 2.22. The molecule has 2 rings (SSSR count). The molecule has 8 heteroatoms. The summed E-state index contributed by atoms with van der Waals surface area (Å²) in [7, 11) is -3.59. The minimum Gasteiger partial charge on any atom is -0.395 e. The topological polar surface area (TPSA) is 82.5 Å². The van der Waals surface area contributed by atoms with Crippen LogP contribution in [0.1, 0.15) is 33.4 Å². The Labute approximate surface area is 172 Å². The zero-order chi connectivity index (χ0) is 21.6. The molecule has 29 heavy (non-hydrogen) atoms. The van der Waals surface area contributed by atoms with Crippen LogP contribution in [-0.2, 0) is 16.6 Å². The quantitative estimate of drug-likeness (QED) is 0.614. The molecule has 2 N–H and O–H groups in total. The minimum absolute atomic E-state index is 0.0514. The lowest BCUT2D eigenvalue weighted by atomic mass is 10.1. The third kappa shape index (κ3) is 5.60. The smallest absolute Gasteiger partial charge is 0.243 e. The van der Waals surface area contributed by atoms with Crippen molar-refractivity contribution in [3.05, 3.63) is 47.9 Å². The molecule has 0 bridgehead atoms. The van der Waals surface area contributed by atoms with Gasteiger partial charge in [0.05, 0.1) is 22.9 Å². The van der Waals surface area contributed by atoms with Crippen LogP contribution in [0.2, 0.25) is 0 Å². The SMILES string of the molecule is CCN(CC)S(=O)(=O)c1cccc(-c2ccc(F)c(CN[C@@H](CO)C(C)C)n2)c1. The number of aliphatic hydroxyl groups is 1. The standard InChI is InChI=1S/C21H30FN3O3S/c1-5-25(6-2)29(27,28)17-9-7-8-16(12-17)19-11-10-18(22)20(24-19)13-23-21(14-26)15(3)4/h7-12,15,21,23,26H,5-6,13-14H2,1-4H3/t21-/m0/s1. The summed E-state index contributed by atoms with van der Waals surface area (Å²) in [5.41, 5.74) is 1.31. The molecule has 0 aliphatic rings. The molecule has 1 aromatic heterocycles. The molecule has 2 aromatic rings. The van der Waals surface area contributed by atoms with E-state index in [9.17, 15) is 17.9 Å². The number of halogens is 1. The Kier molecular flexibility index (Phi) is 8.27. The van der Waals surface area contributed by atoms with Gasteiger partial charge in [-0.1, -0.05) is 39.8 Å². The fourth-order valence-corrected chi connectivity index (χ4v) is 4.54. The Morgan fingerprint density at radius 2 is 1.86 bits per heavy atom. The Hall–Kier alpha value is -1.87. The van der Waals surface area contributed by atoms with Gasteiger partial charge in [0, 0.05) is 31.2 Å². The first-order valence-corrected chi connectivity index (χ1v) is 11.3. The lowest BCUT2D eigenvalue weighted by molar-refractivity contribution is 0.209. The fraction of sp³-hybridized carbons (Fsp3) is 0.476. The van der Waals surface area contributed by atoms with Gasteiger partial charge >= 0.3 is 0 Å². The largest absolute Gasteiger partial charge is 0.395 e. The highest BCUT2D eigenvalue weighted by atomic mass is 32.2.